The van der Waals surface area contributed by atoms with Crippen molar-refractivity contribution in [1.29, 1.82) is 0 Å². The Morgan fingerprint density at radius 1 is 1.15 bits per heavy atom. The minimum atomic E-state index is -3.37. The highest BCUT2D eigenvalue weighted by atomic mass is 32.2. The van der Waals surface area contributed by atoms with Crippen LogP contribution in [0.15, 0.2) is 41.3 Å². The Morgan fingerprint density at radius 2 is 1.92 bits per heavy atom. The highest BCUT2D eigenvalue weighted by Gasteiger charge is 2.13. The summed E-state index contributed by atoms with van der Waals surface area (Å²) < 4.78 is 23.4. The molecule has 1 heterocycles. The molecule has 0 atom stereocenters. The summed E-state index contributed by atoms with van der Waals surface area (Å²) in [5.41, 5.74) is 3.71. The van der Waals surface area contributed by atoms with Crippen molar-refractivity contribution in [3.05, 3.63) is 47.5 Å². The fourth-order valence-electron chi connectivity index (χ4n) is 2.34. The number of carbonyl (C=O) groups is 1. The summed E-state index contributed by atoms with van der Waals surface area (Å²) in [7, 11) is -3.37. The lowest BCUT2D eigenvalue weighted by atomic mass is 10.1. The van der Waals surface area contributed by atoms with Gasteiger partial charge in [0.15, 0.2) is 16.4 Å². The van der Waals surface area contributed by atoms with E-state index in [0.29, 0.717) is 16.7 Å². The van der Waals surface area contributed by atoms with E-state index in [-0.39, 0.29) is 17.4 Å². The molecular weight excluding hydrogens is 356 g/mol. The molecule has 9 heteroatoms. The second kappa shape index (κ2) is 6.75. The first kappa shape index (κ1) is 17.9. The number of rotatable bonds is 5. The Balaban J connectivity index is 1.72. The van der Waals surface area contributed by atoms with Crippen LogP contribution in [0, 0.1) is 13.8 Å². The lowest BCUT2D eigenvalue weighted by molar-refractivity contribution is -0.121. The van der Waals surface area contributed by atoms with E-state index in [0.717, 1.165) is 22.2 Å². The standard InChI is InChI=1S/C17H18N4O4S/c1-11-4-5-13(8-12(11)2)18-17(22)10-25-21-16-9-14(26(3,23)24)6-7-15(16)19-20-21/h4-9H,10H2,1-3H3,(H,18,22). The van der Waals surface area contributed by atoms with E-state index in [1.165, 1.54) is 18.2 Å². The van der Waals surface area contributed by atoms with Crippen LogP contribution in [0.25, 0.3) is 11.0 Å². The largest absolute Gasteiger partial charge is 0.385 e. The van der Waals surface area contributed by atoms with Crippen molar-refractivity contribution in [2.45, 2.75) is 18.7 Å². The van der Waals surface area contributed by atoms with Crippen LogP contribution in [0.1, 0.15) is 11.1 Å². The van der Waals surface area contributed by atoms with E-state index in [1.807, 2.05) is 32.0 Å². The van der Waals surface area contributed by atoms with Crippen LogP contribution in [-0.2, 0) is 14.6 Å². The minimum Gasteiger partial charge on any atom is -0.385 e. The number of aromatic nitrogens is 3. The summed E-state index contributed by atoms with van der Waals surface area (Å²) in [4.78, 5) is 18.6. The average molecular weight is 374 g/mol. The lowest BCUT2D eigenvalue weighted by Gasteiger charge is -2.09. The molecule has 3 aromatic rings. The van der Waals surface area contributed by atoms with E-state index in [9.17, 15) is 13.2 Å². The van der Waals surface area contributed by atoms with Gasteiger partial charge in [0.05, 0.1) is 4.90 Å². The van der Waals surface area contributed by atoms with Gasteiger partial charge in [0, 0.05) is 11.9 Å². The molecule has 26 heavy (non-hydrogen) atoms. The molecule has 0 aliphatic rings. The van der Waals surface area contributed by atoms with Gasteiger partial charge in [-0.2, -0.15) is 0 Å². The van der Waals surface area contributed by atoms with Gasteiger partial charge in [-0.15, -0.1) is 5.10 Å². The van der Waals surface area contributed by atoms with E-state index in [4.69, 9.17) is 4.84 Å². The molecule has 0 spiro atoms. The topological polar surface area (TPSA) is 103 Å². The molecule has 0 bridgehead atoms. The Labute approximate surface area is 150 Å². The van der Waals surface area contributed by atoms with Crippen LogP contribution in [0.5, 0.6) is 0 Å². The molecule has 1 aromatic heterocycles. The maximum absolute atomic E-state index is 12.1. The van der Waals surface area contributed by atoms with Crippen LogP contribution in [0.3, 0.4) is 0 Å². The summed E-state index contributed by atoms with van der Waals surface area (Å²) in [5.74, 6) is -0.365. The first-order valence-electron chi connectivity index (χ1n) is 7.80. The van der Waals surface area contributed by atoms with Crippen molar-refractivity contribution in [3.8, 4) is 0 Å². The third-order valence-corrected chi connectivity index (χ3v) is 5.03. The molecule has 3 rings (SSSR count). The SMILES string of the molecule is Cc1ccc(NC(=O)COn2nnc3ccc(S(C)(=O)=O)cc32)cc1C. The summed E-state index contributed by atoms with van der Waals surface area (Å²) in [6.07, 6.45) is 1.11. The molecule has 0 aliphatic heterocycles. The first-order chi connectivity index (χ1) is 12.2. The number of fused-ring (bicyclic) bond motifs is 1. The van der Waals surface area contributed by atoms with Gasteiger partial charge in [0.1, 0.15) is 11.0 Å². The second-order valence-corrected chi connectivity index (χ2v) is 8.02. The molecule has 1 N–H and O–H groups in total. The fourth-order valence-corrected chi connectivity index (χ4v) is 2.98. The first-order valence-corrected chi connectivity index (χ1v) is 9.69. The zero-order chi connectivity index (χ0) is 18.9. The minimum absolute atomic E-state index is 0.122. The molecule has 1 amide bonds. The third kappa shape index (κ3) is 3.83. The quantitative estimate of drug-likeness (QED) is 0.726. The van der Waals surface area contributed by atoms with Crippen molar-refractivity contribution < 1.29 is 18.0 Å². The lowest BCUT2D eigenvalue weighted by Crippen LogP contribution is -2.26. The number of aryl methyl sites for hydroxylation is 2. The Kier molecular flexibility index (Phi) is 4.64. The van der Waals surface area contributed by atoms with Crippen molar-refractivity contribution in [3.63, 3.8) is 0 Å². The third-order valence-electron chi connectivity index (χ3n) is 3.92. The van der Waals surface area contributed by atoms with Gasteiger partial charge in [0.2, 0.25) is 0 Å². The number of sulfone groups is 1. The predicted octanol–water partition coefficient (Wildman–Crippen LogP) is 1.52. The monoisotopic (exact) mass is 374 g/mol. The Bertz CT molecular complexity index is 1090. The molecule has 0 fully saturated rings. The van der Waals surface area contributed by atoms with Gasteiger partial charge in [-0.1, -0.05) is 10.9 Å². The molecular formula is C17H18N4O4S. The summed E-state index contributed by atoms with van der Waals surface area (Å²) in [5, 5.41) is 10.4. The number of amides is 1. The van der Waals surface area contributed by atoms with E-state index in [2.05, 4.69) is 15.6 Å². The number of benzene rings is 2. The predicted molar refractivity (Wildman–Crippen MR) is 96.6 cm³/mol. The van der Waals surface area contributed by atoms with Crippen LogP contribution >= 0.6 is 0 Å². The van der Waals surface area contributed by atoms with Gasteiger partial charge >= 0.3 is 0 Å². The highest BCUT2D eigenvalue weighted by molar-refractivity contribution is 7.90. The molecule has 0 aliphatic carbocycles. The second-order valence-electron chi connectivity index (χ2n) is 6.01. The van der Waals surface area contributed by atoms with Gasteiger partial charge in [-0.3, -0.25) is 4.79 Å². The van der Waals surface area contributed by atoms with Crippen molar-refractivity contribution >= 4 is 32.5 Å². The Morgan fingerprint density at radius 3 is 2.62 bits per heavy atom. The highest BCUT2D eigenvalue weighted by Crippen LogP contribution is 2.17. The normalized spacial score (nSPS) is 11.5. The molecule has 0 saturated carbocycles. The average Bonchev–Trinajstić information content (AvgIpc) is 2.98. The van der Waals surface area contributed by atoms with Crippen LogP contribution < -0.4 is 10.2 Å². The number of hydrogen-bond acceptors (Lipinski definition) is 6. The number of anilines is 1. The van der Waals surface area contributed by atoms with Gasteiger partial charge in [-0.25, -0.2) is 8.42 Å². The number of nitrogens with one attached hydrogen (secondary N) is 1. The Hall–Kier alpha value is -2.94. The zero-order valence-corrected chi connectivity index (χ0v) is 15.4. The zero-order valence-electron chi connectivity index (χ0n) is 14.6. The van der Waals surface area contributed by atoms with Crippen LogP contribution in [0.4, 0.5) is 5.69 Å². The van der Waals surface area contributed by atoms with Gasteiger partial charge in [0.25, 0.3) is 5.91 Å². The molecule has 0 radical (unpaired) electrons. The molecule has 136 valence electrons. The maximum Gasteiger partial charge on any atom is 0.265 e. The van der Waals surface area contributed by atoms with Crippen molar-refractivity contribution in [2.75, 3.05) is 18.2 Å². The smallest absolute Gasteiger partial charge is 0.265 e. The molecule has 2 aromatic carbocycles. The van der Waals surface area contributed by atoms with Crippen molar-refractivity contribution in [2.24, 2.45) is 0 Å². The summed E-state index contributed by atoms with van der Waals surface area (Å²) in [6, 6.07) is 9.99. The van der Waals surface area contributed by atoms with Crippen LogP contribution in [-0.4, -0.2) is 42.3 Å². The number of nitrogens with zero attached hydrogens (tertiary/aromatic N) is 3. The van der Waals surface area contributed by atoms with E-state index < -0.39 is 9.84 Å². The molecule has 0 saturated heterocycles. The summed E-state index contributed by atoms with van der Waals surface area (Å²) in [6.45, 7) is 3.65. The summed E-state index contributed by atoms with van der Waals surface area (Å²) >= 11 is 0. The fraction of sp³-hybridized carbons (Fsp3) is 0.235. The van der Waals surface area contributed by atoms with Gasteiger partial charge in [-0.05, 0) is 60.5 Å². The van der Waals surface area contributed by atoms with Crippen LogP contribution in [0.2, 0.25) is 0 Å². The van der Waals surface area contributed by atoms with Crippen molar-refractivity contribution in [1.82, 2.24) is 15.2 Å². The van der Waals surface area contributed by atoms with Gasteiger partial charge < -0.3 is 10.2 Å². The van der Waals surface area contributed by atoms with E-state index in [1.54, 1.807) is 0 Å². The number of hydrogen-bond donors (Lipinski definition) is 1. The molecule has 8 nitrogen and oxygen atoms in total. The maximum atomic E-state index is 12.1. The molecule has 0 unspecified atom stereocenters. The number of carbonyl (C=O) groups excluding carboxylic acids is 1. The van der Waals surface area contributed by atoms with E-state index >= 15 is 0 Å².